The highest BCUT2D eigenvalue weighted by Crippen LogP contribution is 2.29. The van der Waals surface area contributed by atoms with Crippen LogP contribution in [0.2, 0.25) is 0 Å². The summed E-state index contributed by atoms with van der Waals surface area (Å²) in [6, 6.07) is 9.57. The number of fused-ring (bicyclic) bond motifs is 1. The van der Waals surface area contributed by atoms with Gasteiger partial charge in [-0.3, -0.25) is 9.78 Å². The second-order valence-corrected chi connectivity index (χ2v) is 8.23. The standard InChI is InChI=1S/C21H22BN5O4S/c1-13-3-2-4-15-11-17(22(29)31-19(13)15)26-20(28)18(27-30)16-12-32-21(25-16)24-10-7-14-5-8-23-9-6-14/h2-6,8-9,12,17,29-30H,7,10-11H2,1H3,(H,24,25)(H,26,28)/b27-18+/t17-/m0/s1. The zero-order chi connectivity index (χ0) is 22.5. The van der Waals surface area contributed by atoms with Crippen LogP contribution in [-0.4, -0.2) is 51.4 Å². The van der Waals surface area contributed by atoms with Crippen LogP contribution in [-0.2, 0) is 17.6 Å². The minimum atomic E-state index is -1.21. The van der Waals surface area contributed by atoms with Gasteiger partial charge >= 0.3 is 7.12 Å². The van der Waals surface area contributed by atoms with E-state index in [0.717, 1.165) is 23.1 Å². The fourth-order valence-corrected chi connectivity index (χ4v) is 4.21. The van der Waals surface area contributed by atoms with Crippen LogP contribution in [0.4, 0.5) is 5.13 Å². The van der Waals surface area contributed by atoms with Gasteiger partial charge in [0.25, 0.3) is 5.91 Å². The molecule has 1 aliphatic rings. The minimum absolute atomic E-state index is 0.231. The number of carbonyl (C=O) groups excluding carboxylic acids is 1. The van der Waals surface area contributed by atoms with E-state index >= 15 is 0 Å². The first-order valence-corrected chi connectivity index (χ1v) is 11.0. The number of anilines is 1. The molecule has 32 heavy (non-hydrogen) atoms. The summed E-state index contributed by atoms with van der Waals surface area (Å²) in [4.78, 5) is 21.1. The van der Waals surface area contributed by atoms with Gasteiger partial charge in [0, 0.05) is 24.3 Å². The van der Waals surface area contributed by atoms with E-state index in [9.17, 15) is 15.0 Å². The van der Waals surface area contributed by atoms with Crippen molar-refractivity contribution < 1.29 is 19.7 Å². The molecule has 11 heteroatoms. The van der Waals surface area contributed by atoms with E-state index in [1.807, 2.05) is 37.3 Å². The van der Waals surface area contributed by atoms with Gasteiger partial charge < -0.3 is 25.5 Å². The Kier molecular flexibility index (Phi) is 6.67. The number of thiazole rings is 1. The Bertz CT molecular complexity index is 1120. The normalized spacial score (nSPS) is 15.6. The number of oxime groups is 1. The molecule has 3 aromatic rings. The van der Waals surface area contributed by atoms with Gasteiger partial charge in [0.05, 0.1) is 5.94 Å². The van der Waals surface area contributed by atoms with Crippen LogP contribution in [0.5, 0.6) is 5.75 Å². The Labute approximate surface area is 189 Å². The molecule has 1 aliphatic heterocycles. The lowest BCUT2D eigenvalue weighted by Gasteiger charge is -2.29. The number of hydrogen-bond donors (Lipinski definition) is 4. The molecule has 0 saturated heterocycles. The van der Waals surface area contributed by atoms with E-state index in [0.29, 0.717) is 23.8 Å². The monoisotopic (exact) mass is 451 g/mol. The predicted molar refractivity (Wildman–Crippen MR) is 122 cm³/mol. The summed E-state index contributed by atoms with van der Waals surface area (Å²) in [5, 5.41) is 31.0. The van der Waals surface area contributed by atoms with Gasteiger partial charge in [-0.2, -0.15) is 0 Å². The number of para-hydroxylation sites is 1. The highest BCUT2D eigenvalue weighted by Gasteiger charge is 2.37. The summed E-state index contributed by atoms with van der Waals surface area (Å²) in [5.41, 5.74) is 2.95. The SMILES string of the molecule is Cc1cccc2c1OB(O)[C@@H](NC(=O)/C(=N/O)c1csc(NCCc3ccncc3)n1)C2. The van der Waals surface area contributed by atoms with Crippen molar-refractivity contribution in [1.29, 1.82) is 0 Å². The molecule has 4 N–H and O–H groups in total. The van der Waals surface area contributed by atoms with Crippen molar-refractivity contribution >= 4 is 35.2 Å². The lowest BCUT2D eigenvalue weighted by molar-refractivity contribution is -0.115. The maximum absolute atomic E-state index is 12.7. The van der Waals surface area contributed by atoms with E-state index in [1.165, 1.54) is 11.3 Å². The number of benzene rings is 1. The molecule has 3 heterocycles. The molecule has 1 amide bonds. The van der Waals surface area contributed by atoms with Crippen LogP contribution in [0.3, 0.4) is 0 Å². The topological polar surface area (TPSA) is 129 Å². The van der Waals surface area contributed by atoms with Crippen LogP contribution in [0.25, 0.3) is 0 Å². The van der Waals surface area contributed by atoms with Gasteiger partial charge in [-0.05, 0) is 48.6 Å². The smallest absolute Gasteiger partial charge is 0.534 e. The van der Waals surface area contributed by atoms with Gasteiger partial charge in [-0.1, -0.05) is 23.4 Å². The lowest BCUT2D eigenvalue weighted by Crippen LogP contribution is -2.54. The summed E-state index contributed by atoms with van der Waals surface area (Å²) >= 11 is 1.30. The third kappa shape index (κ3) is 4.89. The number of nitrogens with zero attached hydrogens (tertiary/aromatic N) is 3. The predicted octanol–water partition coefficient (Wildman–Crippen LogP) is 1.82. The number of pyridine rings is 1. The third-order valence-corrected chi connectivity index (χ3v) is 5.93. The maximum atomic E-state index is 12.7. The Hall–Kier alpha value is -3.44. The van der Waals surface area contributed by atoms with Crippen molar-refractivity contribution in [2.24, 2.45) is 5.16 Å². The number of amides is 1. The molecule has 2 aromatic heterocycles. The Morgan fingerprint density at radius 1 is 1.34 bits per heavy atom. The van der Waals surface area contributed by atoms with Crippen molar-refractivity contribution in [3.05, 3.63) is 70.5 Å². The molecule has 0 spiro atoms. The Morgan fingerprint density at radius 2 is 2.16 bits per heavy atom. The Morgan fingerprint density at radius 3 is 2.94 bits per heavy atom. The van der Waals surface area contributed by atoms with Crippen LogP contribution >= 0.6 is 11.3 Å². The molecule has 0 fully saturated rings. The molecule has 1 aromatic carbocycles. The number of aryl methyl sites for hydroxylation is 1. The minimum Gasteiger partial charge on any atom is -0.534 e. The molecular weight excluding hydrogens is 429 g/mol. The summed E-state index contributed by atoms with van der Waals surface area (Å²) in [6.07, 6.45) is 4.67. The van der Waals surface area contributed by atoms with Gasteiger partial charge in [0.15, 0.2) is 10.8 Å². The van der Waals surface area contributed by atoms with Crippen molar-refractivity contribution in [3.63, 3.8) is 0 Å². The average Bonchev–Trinajstić information content (AvgIpc) is 3.25. The highest BCUT2D eigenvalue weighted by molar-refractivity contribution is 7.14. The number of rotatable bonds is 7. The molecule has 9 nitrogen and oxygen atoms in total. The second-order valence-electron chi connectivity index (χ2n) is 7.37. The molecular formula is C21H22BN5O4S. The first kappa shape index (κ1) is 21.8. The zero-order valence-electron chi connectivity index (χ0n) is 17.4. The fourth-order valence-electron chi connectivity index (χ4n) is 3.48. The number of carbonyl (C=O) groups is 1. The van der Waals surface area contributed by atoms with E-state index in [2.05, 4.69) is 25.8 Å². The zero-order valence-corrected chi connectivity index (χ0v) is 18.2. The largest absolute Gasteiger partial charge is 0.547 e. The van der Waals surface area contributed by atoms with Gasteiger partial charge in [0.2, 0.25) is 0 Å². The van der Waals surface area contributed by atoms with Crippen molar-refractivity contribution in [2.45, 2.75) is 25.7 Å². The van der Waals surface area contributed by atoms with E-state index in [1.54, 1.807) is 17.8 Å². The summed E-state index contributed by atoms with van der Waals surface area (Å²) in [7, 11) is -1.21. The molecule has 0 saturated carbocycles. The quantitative estimate of drug-likeness (QED) is 0.187. The number of aromatic nitrogens is 2. The van der Waals surface area contributed by atoms with E-state index in [-0.39, 0.29) is 11.4 Å². The molecule has 0 aliphatic carbocycles. The molecule has 0 bridgehead atoms. The Balaban J connectivity index is 1.37. The molecule has 0 unspecified atom stereocenters. The van der Waals surface area contributed by atoms with E-state index in [4.69, 9.17) is 4.65 Å². The second kappa shape index (κ2) is 9.79. The van der Waals surface area contributed by atoms with Crippen LogP contribution < -0.4 is 15.3 Å². The third-order valence-electron chi connectivity index (χ3n) is 5.13. The van der Waals surface area contributed by atoms with Crippen LogP contribution in [0, 0.1) is 6.92 Å². The van der Waals surface area contributed by atoms with Crippen molar-refractivity contribution in [3.8, 4) is 5.75 Å². The van der Waals surface area contributed by atoms with Crippen molar-refractivity contribution in [1.82, 2.24) is 15.3 Å². The first-order valence-electron chi connectivity index (χ1n) is 10.1. The van der Waals surface area contributed by atoms with Crippen molar-refractivity contribution in [2.75, 3.05) is 11.9 Å². The molecule has 164 valence electrons. The number of hydrogen-bond acceptors (Lipinski definition) is 9. The van der Waals surface area contributed by atoms with Gasteiger partial charge in [-0.25, -0.2) is 4.98 Å². The average molecular weight is 451 g/mol. The molecule has 0 radical (unpaired) electrons. The van der Waals surface area contributed by atoms with Gasteiger partial charge in [-0.15, -0.1) is 11.3 Å². The molecule has 4 rings (SSSR count). The van der Waals surface area contributed by atoms with E-state index < -0.39 is 19.0 Å². The lowest BCUT2D eigenvalue weighted by atomic mass is 9.72. The highest BCUT2D eigenvalue weighted by atomic mass is 32.1. The molecule has 1 atom stereocenters. The summed E-state index contributed by atoms with van der Waals surface area (Å²) in [6.45, 7) is 2.55. The first-order chi connectivity index (χ1) is 15.5. The summed E-state index contributed by atoms with van der Waals surface area (Å²) < 4.78 is 5.59. The van der Waals surface area contributed by atoms with Gasteiger partial charge in [0.1, 0.15) is 11.4 Å². The fraction of sp³-hybridized carbons (Fsp3) is 0.238. The van der Waals surface area contributed by atoms with Crippen LogP contribution in [0.1, 0.15) is 22.4 Å². The summed E-state index contributed by atoms with van der Waals surface area (Å²) in [5.74, 6) is -0.710. The number of nitrogens with one attached hydrogen (secondary N) is 2. The maximum Gasteiger partial charge on any atom is 0.547 e. The van der Waals surface area contributed by atoms with Crippen LogP contribution in [0.15, 0.2) is 53.3 Å².